The number of rotatable bonds is 3. The topological polar surface area (TPSA) is 12.9 Å². The number of aromatic nitrogens is 1. The summed E-state index contributed by atoms with van der Waals surface area (Å²) in [5.41, 5.74) is 3.16. The summed E-state index contributed by atoms with van der Waals surface area (Å²) in [6, 6.07) is 10.8. The molecule has 6 rings (SSSR count). The van der Waals surface area contributed by atoms with Gasteiger partial charge in [0.1, 0.15) is 0 Å². The van der Waals surface area contributed by atoms with Crippen molar-refractivity contribution >= 4 is 22.7 Å². The molecule has 1 nitrogen and oxygen atoms in total. The van der Waals surface area contributed by atoms with E-state index in [1.165, 1.54) is 60.3 Å². The summed E-state index contributed by atoms with van der Waals surface area (Å²) in [6.45, 7) is 2.22. The number of hydrogen-bond donors (Lipinski definition) is 0. The average Bonchev–Trinajstić information content (AvgIpc) is 2.52. The lowest BCUT2D eigenvalue weighted by Gasteiger charge is -2.56. The standard InChI is InChI=1S/C21H25NS/c1-14-6-20(22-19-5-3-2-4-18(14)19)23-13-21-10-15-7-16(11-21)9-17(8-15)12-21/h2-6,15-17H,7-13H2,1H3. The first-order chi connectivity index (χ1) is 11.2. The molecule has 0 spiro atoms. The minimum Gasteiger partial charge on any atom is -0.241 e. The third kappa shape index (κ3) is 2.50. The van der Waals surface area contributed by atoms with Crippen LogP contribution in [0, 0.1) is 30.1 Å². The van der Waals surface area contributed by atoms with Crippen LogP contribution in [0.3, 0.4) is 0 Å². The molecular weight excluding hydrogens is 298 g/mol. The van der Waals surface area contributed by atoms with Gasteiger partial charge in [-0.3, -0.25) is 0 Å². The summed E-state index contributed by atoms with van der Waals surface area (Å²) in [7, 11) is 0. The Balaban J connectivity index is 1.38. The molecule has 0 saturated heterocycles. The largest absolute Gasteiger partial charge is 0.241 e. The highest BCUT2D eigenvalue weighted by atomic mass is 32.2. The predicted octanol–water partition coefficient (Wildman–Crippen LogP) is 5.85. The molecule has 1 aromatic carbocycles. The van der Waals surface area contributed by atoms with Gasteiger partial charge >= 0.3 is 0 Å². The fourth-order valence-electron chi connectivity index (χ4n) is 6.09. The van der Waals surface area contributed by atoms with Gasteiger partial charge in [0.2, 0.25) is 0 Å². The third-order valence-electron chi connectivity index (χ3n) is 6.59. The highest BCUT2D eigenvalue weighted by molar-refractivity contribution is 7.99. The van der Waals surface area contributed by atoms with E-state index in [1.807, 2.05) is 11.8 Å². The average molecular weight is 324 g/mol. The Labute approximate surface area is 143 Å². The molecule has 4 aliphatic carbocycles. The first-order valence-corrected chi connectivity index (χ1v) is 10.2. The van der Waals surface area contributed by atoms with Gasteiger partial charge in [-0.1, -0.05) is 18.2 Å². The first kappa shape index (κ1) is 14.3. The van der Waals surface area contributed by atoms with Crippen LogP contribution in [-0.2, 0) is 0 Å². The Kier molecular flexibility index (Phi) is 3.27. The maximum absolute atomic E-state index is 4.92. The van der Waals surface area contributed by atoms with Crippen molar-refractivity contribution in [1.82, 2.24) is 4.98 Å². The molecule has 120 valence electrons. The van der Waals surface area contributed by atoms with Gasteiger partial charge in [-0.2, -0.15) is 0 Å². The molecule has 0 unspecified atom stereocenters. The normalized spacial score (nSPS) is 35.1. The van der Waals surface area contributed by atoms with Crippen LogP contribution in [0.1, 0.15) is 44.1 Å². The van der Waals surface area contributed by atoms with Crippen molar-refractivity contribution in [2.24, 2.45) is 23.2 Å². The van der Waals surface area contributed by atoms with Crippen LogP contribution in [-0.4, -0.2) is 10.7 Å². The van der Waals surface area contributed by atoms with Crippen molar-refractivity contribution in [3.8, 4) is 0 Å². The fraction of sp³-hybridized carbons (Fsp3) is 0.571. The quantitative estimate of drug-likeness (QED) is 0.657. The third-order valence-corrected chi connectivity index (χ3v) is 7.85. The lowest BCUT2D eigenvalue weighted by molar-refractivity contribution is -0.0381. The fourth-order valence-corrected chi connectivity index (χ4v) is 7.32. The zero-order valence-corrected chi connectivity index (χ0v) is 14.7. The van der Waals surface area contributed by atoms with Crippen molar-refractivity contribution in [2.75, 3.05) is 5.75 Å². The summed E-state index contributed by atoms with van der Waals surface area (Å²) in [6.07, 6.45) is 9.11. The first-order valence-electron chi connectivity index (χ1n) is 9.18. The van der Waals surface area contributed by atoms with Crippen molar-refractivity contribution in [3.63, 3.8) is 0 Å². The van der Waals surface area contributed by atoms with Crippen molar-refractivity contribution < 1.29 is 0 Å². The van der Waals surface area contributed by atoms with Crippen molar-refractivity contribution in [3.05, 3.63) is 35.9 Å². The minimum absolute atomic E-state index is 0.640. The molecule has 0 radical (unpaired) electrons. The van der Waals surface area contributed by atoms with Gasteiger partial charge in [0.05, 0.1) is 10.5 Å². The van der Waals surface area contributed by atoms with E-state index in [9.17, 15) is 0 Å². The summed E-state index contributed by atoms with van der Waals surface area (Å²) < 4.78 is 0. The summed E-state index contributed by atoms with van der Waals surface area (Å²) in [5, 5.41) is 2.53. The van der Waals surface area contributed by atoms with E-state index in [4.69, 9.17) is 4.98 Å². The van der Waals surface area contributed by atoms with E-state index in [0.29, 0.717) is 5.41 Å². The highest BCUT2D eigenvalue weighted by Crippen LogP contribution is 2.61. The number of pyridine rings is 1. The number of thioether (sulfide) groups is 1. The van der Waals surface area contributed by atoms with E-state index in [0.717, 1.165) is 23.3 Å². The Morgan fingerprint density at radius 2 is 1.70 bits per heavy atom. The molecule has 4 aliphatic rings. The van der Waals surface area contributed by atoms with Gasteiger partial charge in [-0.05, 0) is 86.3 Å². The molecule has 0 amide bonds. The summed E-state index contributed by atoms with van der Waals surface area (Å²) in [5.74, 6) is 4.44. The number of nitrogens with zero attached hydrogens (tertiary/aromatic N) is 1. The monoisotopic (exact) mass is 323 g/mol. The Morgan fingerprint density at radius 3 is 2.39 bits per heavy atom. The molecule has 2 heteroatoms. The number of benzene rings is 1. The molecule has 23 heavy (non-hydrogen) atoms. The van der Waals surface area contributed by atoms with Crippen LogP contribution in [0.15, 0.2) is 35.4 Å². The lowest BCUT2D eigenvalue weighted by Crippen LogP contribution is -2.47. The second-order valence-corrected chi connectivity index (χ2v) is 9.50. The van der Waals surface area contributed by atoms with Crippen LogP contribution in [0.2, 0.25) is 0 Å². The van der Waals surface area contributed by atoms with Crippen LogP contribution in [0.4, 0.5) is 0 Å². The van der Waals surface area contributed by atoms with Gasteiger partial charge in [-0.25, -0.2) is 4.98 Å². The van der Waals surface area contributed by atoms with E-state index in [2.05, 4.69) is 37.3 Å². The lowest BCUT2D eigenvalue weighted by atomic mass is 9.50. The van der Waals surface area contributed by atoms with Gasteiger partial charge in [0.15, 0.2) is 0 Å². The maximum atomic E-state index is 4.92. The molecular formula is C21H25NS. The maximum Gasteiger partial charge on any atom is 0.0970 e. The highest BCUT2D eigenvalue weighted by Gasteiger charge is 2.50. The van der Waals surface area contributed by atoms with Crippen molar-refractivity contribution in [1.29, 1.82) is 0 Å². The Bertz CT molecular complexity index is 715. The molecule has 4 saturated carbocycles. The molecule has 0 N–H and O–H groups in total. The van der Waals surface area contributed by atoms with Crippen LogP contribution in [0.25, 0.3) is 10.9 Å². The van der Waals surface area contributed by atoms with Crippen LogP contribution >= 0.6 is 11.8 Å². The second-order valence-electron chi connectivity index (χ2n) is 8.50. The number of fused-ring (bicyclic) bond motifs is 1. The molecule has 0 aliphatic heterocycles. The van der Waals surface area contributed by atoms with Crippen molar-refractivity contribution in [2.45, 2.75) is 50.5 Å². The SMILES string of the molecule is Cc1cc(SCC23CC4CC(CC(C4)C2)C3)nc2ccccc12. The van der Waals surface area contributed by atoms with Crippen LogP contribution < -0.4 is 0 Å². The van der Waals surface area contributed by atoms with Crippen LogP contribution in [0.5, 0.6) is 0 Å². The zero-order chi connectivity index (χ0) is 15.4. The molecule has 1 aromatic heterocycles. The number of para-hydroxylation sites is 1. The van der Waals surface area contributed by atoms with E-state index >= 15 is 0 Å². The number of hydrogen-bond acceptors (Lipinski definition) is 2. The van der Waals surface area contributed by atoms with Gasteiger partial charge < -0.3 is 0 Å². The van der Waals surface area contributed by atoms with E-state index in [-0.39, 0.29) is 0 Å². The summed E-state index contributed by atoms with van der Waals surface area (Å²) >= 11 is 2.03. The minimum atomic E-state index is 0.640. The van der Waals surface area contributed by atoms with Gasteiger partial charge in [-0.15, -0.1) is 11.8 Å². The second kappa shape index (κ2) is 5.24. The summed E-state index contributed by atoms with van der Waals surface area (Å²) in [4.78, 5) is 4.92. The molecule has 2 aromatic rings. The van der Waals surface area contributed by atoms with Gasteiger partial charge in [0.25, 0.3) is 0 Å². The molecule has 0 atom stereocenters. The predicted molar refractivity (Wildman–Crippen MR) is 97.8 cm³/mol. The zero-order valence-electron chi connectivity index (χ0n) is 13.9. The molecule has 4 bridgehead atoms. The Hall–Kier alpha value is -1.02. The smallest absolute Gasteiger partial charge is 0.0970 e. The number of aryl methyl sites for hydroxylation is 1. The molecule has 1 heterocycles. The van der Waals surface area contributed by atoms with Gasteiger partial charge in [0, 0.05) is 11.1 Å². The molecule has 4 fully saturated rings. The Morgan fingerprint density at radius 1 is 1.04 bits per heavy atom. The van der Waals surface area contributed by atoms with E-state index < -0.39 is 0 Å². The van der Waals surface area contributed by atoms with E-state index in [1.54, 1.807) is 0 Å².